The molecular formula is C29H38F2O7. The quantitative estimate of drug-likeness (QED) is 0.526. The third kappa shape index (κ3) is 3.82. The standard InChI is InChI=1S/C29H38F2O7/c1-7-23(35)38-28(22(34)15-37-24(36)25(2,3)4)11-9-17-18-13-20(30)19-12-16(32)8-10-26(19,5)29(18,31)21(33)14-27(17,28)6/h8,10,12,17-18,20-21,33H,7,9,11,13-15H2,1-6H3/t17?,18?,20-,21?,26?,27?,28-,29-/m0/s1. The number of aliphatic hydroxyl groups is 1. The van der Waals surface area contributed by atoms with E-state index in [1.54, 1.807) is 34.6 Å². The van der Waals surface area contributed by atoms with Crippen LogP contribution in [0.1, 0.15) is 73.6 Å². The summed E-state index contributed by atoms with van der Waals surface area (Å²) in [4.78, 5) is 50.8. The summed E-state index contributed by atoms with van der Waals surface area (Å²) in [5.74, 6) is -3.95. The molecule has 0 spiro atoms. The maximum absolute atomic E-state index is 17.3. The molecule has 0 saturated heterocycles. The van der Waals surface area contributed by atoms with Crippen molar-refractivity contribution in [3.05, 3.63) is 23.8 Å². The van der Waals surface area contributed by atoms with Gasteiger partial charge in [0, 0.05) is 23.2 Å². The van der Waals surface area contributed by atoms with Crippen LogP contribution in [0, 0.1) is 28.1 Å². The van der Waals surface area contributed by atoms with Gasteiger partial charge in [0.2, 0.25) is 5.78 Å². The Labute approximate surface area is 222 Å². The first kappa shape index (κ1) is 28.6. The van der Waals surface area contributed by atoms with Crippen molar-refractivity contribution in [2.45, 2.75) is 97.2 Å². The molecule has 4 aliphatic carbocycles. The minimum absolute atomic E-state index is 0.0123. The molecule has 3 fully saturated rings. The van der Waals surface area contributed by atoms with E-state index in [4.69, 9.17) is 9.47 Å². The summed E-state index contributed by atoms with van der Waals surface area (Å²) in [7, 11) is 0. The zero-order valence-electron chi connectivity index (χ0n) is 22.9. The van der Waals surface area contributed by atoms with Crippen molar-refractivity contribution < 1.29 is 42.5 Å². The van der Waals surface area contributed by atoms with Gasteiger partial charge in [-0.05, 0) is 77.0 Å². The number of carbonyl (C=O) groups excluding carboxylic acids is 4. The number of rotatable bonds is 5. The van der Waals surface area contributed by atoms with Crippen molar-refractivity contribution in [2.75, 3.05) is 6.61 Å². The molecule has 7 nitrogen and oxygen atoms in total. The predicted octanol–water partition coefficient (Wildman–Crippen LogP) is 4.16. The molecule has 0 aliphatic heterocycles. The highest BCUT2D eigenvalue weighted by Gasteiger charge is 2.76. The molecular weight excluding hydrogens is 498 g/mol. The van der Waals surface area contributed by atoms with Crippen LogP contribution in [0.2, 0.25) is 0 Å². The van der Waals surface area contributed by atoms with Crippen LogP contribution in [-0.2, 0) is 28.7 Å². The van der Waals surface area contributed by atoms with E-state index in [0.29, 0.717) is 0 Å². The molecule has 1 N–H and O–H groups in total. The summed E-state index contributed by atoms with van der Waals surface area (Å²) in [5.41, 5.74) is -7.73. The second-order valence-corrected chi connectivity index (χ2v) is 12.8. The van der Waals surface area contributed by atoms with Gasteiger partial charge < -0.3 is 14.6 Å². The summed E-state index contributed by atoms with van der Waals surface area (Å²) >= 11 is 0. The van der Waals surface area contributed by atoms with Crippen LogP contribution in [0.25, 0.3) is 0 Å². The Morgan fingerprint density at radius 3 is 2.45 bits per heavy atom. The fourth-order valence-electron chi connectivity index (χ4n) is 7.61. The number of hydrogen-bond donors (Lipinski definition) is 1. The Morgan fingerprint density at radius 2 is 1.84 bits per heavy atom. The summed E-state index contributed by atoms with van der Waals surface area (Å²) in [6.45, 7) is 9.06. The molecule has 210 valence electrons. The normalized spacial score (nSPS) is 41.9. The van der Waals surface area contributed by atoms with Gasteiger partial charge in [0.15, 0.2) is 23.7 Å². The van der Waals surface area contributed by atoms with E-state index >= 15 is 8.78 Å². The number of halogens is 2. The molecule has 38 heavy (non-hydrogen) atoms. The number of Topliss-reactive ketones (excluding diaryl/α,β-unsaturated/α-hetero) is 1. The third-order valence-corrected chi connectivity index (χ3v) is 9.72. The van der Waals surface area contributed by atoms with Crippen molar-refractivity contribution in [1.29, 1.82) is 0 Å². The lowest BCUT2D eigenvalue weighted by Crippen LogP contribution is -2.70. The maximum atomic E-state index is 17.3. The van der Waals surface area contributed by atoms with Gasteiger partial charge in [0.1, 0.15) is 6.17 Å². The first-order valence-electron chi connectivity index (χ1n) is 13.4. The second-order valence-electron chi connectivity index (χ2n) is 12.8. The average Bonchev–Trinajstić information content (AvgIpc) is 3.12. The van der Waals surface area contributed by atoms with Crippen LogP contribution < -0.4 is 0 Å². The van der Waals surface area contributed by atoms with E-state index in [1.807, 2.05) is 0 Å². The van der Waals surface area contributed by atoms with Crippen LogP contribution in [0.3, 0.4) is 0 Å². The Hall–Kier alpha value is -2.42. The lowest BCUT2D eigenvalue weighted by molar-refractivity contribution is -0.229. The molecule has 0 heterocycles. The largest absolute Gasteiger partial charge is 0.457 e. The monoisotopic (exact) mass is 536 g/mol. The fraction of sp³-hybridized carbons (Fsp3) is 0.724. The summed E-state index contributed by atoms with van der Waals surface area (Å²) in [6.07, 6.45) is 0.177. The third-order valence-electron chi connectivity index (χ3n) is 9.72. The van der Waals surface area contributed by atoms with E-state index in [-0.39, 0.29) is 37.7 Å². The highest BCUT2D eigenvalue weighted by molar-refractivity contribution is 6.01. The van der Waals surface area contributed by atoms with Crippen LogP contribution in [0.4, 0.5) is 8.78 Å². The van der Waals surface area contributed by atoms with Gasteiger partial charge in [-0.25, -0.2) is 8.78 Å². The molecule has 3 saturated carbocycles. The highest BCUT2D eigenvalue weighted by atomic mass is 19.1. The predicted molar refractivity (Wildman–Crippen MR) is 133 cm³/mol. The molecule has 5 unspecified atom stereocenters. The Balaban J connectivity index is 1.76. The topological polar surface area (TPSA) is 107 Å². The van der Waals surface area contributed by atoms with Crippen LogP contribution >= 0.6 is 0 Å². The molecule has 0 radical (unpaired) electrons. The molecule has 0 amide bonds. The van der Waals surface area contributed by atoms with Crippen LogP contribution in [0.5, 0.6) is 0 Å². The minimum atomic E-state index is -2.31. The smallest absolute Gasteiger partial charge is 0.311 e. The first-order chi connectivity index (χ1) is 17.5. The van der Waals surface area contributed by atoms with E-state index in [9.17, 15) is 24.3 Å². The molecule has 4 aliphatic rings. The average molecular weight is 537 g/mol. The number of ether oxygens (including phenoxy) is 2. The van der Waals surface area contributed by atoms with Gasteiger partial charge in [-0.1, -0.05) is 19.9 Å². The van der Waals surface area contributed by atoms with Crippen molar-refractivity contribution in [1.82, 2.24) is 0 Å². The van der Waals surface area contributed by atoms with Gasteiger partial charge >= 0.3 is 11.9 Å². The van der Waals surface area contributed by atoms with E-state index < -0.39 is 81.7 Å². The van der Waals surface area contributed by atoms with Crippen molar-refractivity contribution in [2.24, 2.45) is 28.1 Å². The number of esters is 2. The SMILES string of the molecule is CCC(=O)O[C@]1(C(=O)COC(=O)C(C)(C)C)CCC2C3C[C@H](F)C4=CC(=O)C=CC4(C)[C@@]3(F)C(O)CC21C. The Bertz CT molecular complexity index is 1120. The lowest BCUT2D eigenvalue weighted by Gasteiger charge is -2.63. The Morgan fingerprint density at radius 1 is 1.18 bits per heavy atom. The molecule has 0 aromatic carbocycles. The van der Waals surface area contributed by atoms with Crippen LogP contribution in [-0.4, -0.2) is 58.8 Å². The van der Waals surface area contributed by atoms with E-state index in [2.05, 4.69) is 0 Å². The Kier molecular flexibility index (Phi) is 6.82. The number of carbonyl (C=O) groups is 4. The van der Waals surface area contributed by atoms with Gasteiger partial charge in [-0.15, -0.1) is 0 Å². The van der Waals surface area contributed by atoms with E-state index in [1.165, 1.54) is 19.1 Å². The molecule has 0 aromatic rings. The summed E-state index contributed by atoms with van der Waals surface area (Å²) in [6, 6.07) is 0. The molecule has 0 bridgehead atoms. The lowest BCUT2D eigenvalue weighted by atomic mass is 9.44. The minimum Gasteiger partial charge on any atom is -0.457 e. The van der Waals surface area contributed by atoms with Gasteiger partial charge in [0.05, 0.1) is 11.5 Å². The van der Waals surface area contributed by atoms with Gasteiger partial charge in [0.25, 0.3) is 0 Å². The number of fused-ring (bicyclic) bond motifs is 5. The zero-order valence-corrected chi connectivity index (χ0v) is 22.9. The fourth-order valence-corrected chi connectivity index (χ4v) is 7.61. The van der Waals surface area contributed by atoms with Crippen molar-refractivity contribution >= 4 is 23.5 Å². The number of allylic oxidation sites excluding steroid dienone is 4. The van der Waals surface area contributed by atoms with Gasteiger partial charge in [-0.3, -0.25) is 19.2 Å². The number of alkyl halides is 2. The van der Waals surface area contributed by atoms with Gasteiger partial charge in [-0.2, -0.15) is 0 Å². The molecule has 9 heteroatoms. The maximum Gasteiger partial charge on any atom is 0.311 e. The zero-order chi connectivity index (χ0) is 28.5. The van der Waals surface area contributed by atoms with Crippen molar-refractivity contribution in [3.8, 4) is 0 Å². The van der Waals surface area contributed by atoms with Crippen molar-refractivity contribution in [3.63, 3.8) is 0 Å². The first-order valence-corrected chi connectivity index (χ1v) is 13.4. The molecule has 4 rings (SSSR count). The highest BCUT2D eigenvalue weighted by Crippen LogP contribution is 2.70. The van der Waals surface area contributed by atoms with Crippen LogP contribution in [0.15, 0.2) is 23.8 Å². The summed E-state index contributed by atoms with van der Waals surface area (Å²) < 4.78 is 44.1. The molecule has 0 aromatic heterocycles. The number of hydrogen-bond acceptors (Lipinski definition) is 7. The summed E-state index contributed by atoms with van der Waals surface area (Å²) in [5, 5.41) is 11.5. The number of ketones is 2. The number of aliphatic hydroxyl groups excluding tert-OH is 1. The molecule has 8 atom stereocenters. The van der Waals surface area contributed by atoms with E-state index in [0.717, 1.165) is 6.08 Å². The second kappa shape index (κ2) is 9.07.